The first kappa shape index (κ1) is 25.9. The van der Waals surface area contributed by atoms with Crippen LogP contribution < -0.4 is 19.7 Å². The Labute approximate surface area is 205 Å². The van der Waals surface area contributed by atoms with E-state index in [1.165, 1.54) is 11.1 Å². The summed E-state index contributed by atoms with van der Waals surface area (Å²) in [6.45, 7) is 11.2. The third kappa shape index (κ3) is 5.86. The third-order valence-corrected chi connectivity index (χ3v) is 6.66. The fraction of sp³-hybridized carbons (Fsp3) is 0.552. The number of hydrogen-bond donors (Lipinski definition) is 1. The second kappa shape index (κ2) is 11.6. The number of benzene rings is 2. The number of amides is 1. The van der Waals surface area contributed by atoms with Crippen LogP contribution in [0.5, 0.6) is 11.5 Å². The fourth-order valence-corrected chi connectivity index (χ4v) is 4.92. The van der Waals surface area contributed by atoms with Gasteiger partial charge in [-0.15, -0.1) is 0 Å². The molecule has 1 N–H and O–H groups in total. The number of nitrogens with zero attached hydrogens (tertiary/aromatic N) is 1. The van der Waals surface area contributed by atoms with E-state index in [0.29, 0.717) is 12.3 Å². The molecule has 3 rings (SSSR count). The van der Waals surface area contributed by atoms with Crippen LogP contribution in [0.3, 0.4) is 0 Å². The Hall–Kier alpha value is -2.69. The minimum atomic E-state index is 0.0534. The van der Waals surface area contributed by atoms with Gasteiger partial charge in [0, 0.05) is 43.0 Å². The van der Waals surface area contributed by atoms with Crippen molar-refractivity contribution in [3.8, 4) is 11.5 Å². The van der Waals surface area contributed by atoms with Gasteiger partial charge in [0.25, 0.3) is 0 Å². The number of carbonyl (C=O) groups is 1. The van der Waals surface area contributed by atoms with Crippen molar-refractivity contribution in [1.82, 2.24) is 0 Å². The number of anilines is 2. The quantitative estimate of drug-likeness (QED) is 0.350. The molecule has 34 heavy (non-hydrogen) atoms. The number of rotatable bonds is 11. The summed E-state index contributed by atoms with van der Waals surface area (Å²) in [6, 6.07) is 10.4. The molecule has 0 saturated heterocycles. The fourth-order valence-electron chi connectivity index (χ4n) is 4.92. The Morgan fingerprint density at radius 1 is 1.00 bits per heavy atom. The number of hydrogen-bond acceptors (Lipinski definition) is 4. The van der Waals surface area contributed by atoms with Gasteiger partial charge in [0.1, 0.15) is 0 Å². The van der Waals surface area contributed by atoms with Gasteiger partial charge >= 0.3 is 0 Å². The lowest BCUT2D eigenvalue weighted by molar-refractivity contribution is -0.116. The molecule has 1 amide bonds. The highest BCUT2D eigenvalue weighted by Crippen LogP contribution is 2.43. The van der Waals surface area contributed by atoms with Gasteiger partial charge in [0.15, 0.2) is 11.5 Å². The van der Waals surface area contributed by atoms with E-state index in [1.54, 1.807) is 0 Å². The zero-order chi connectivity index (χ0) is 24.8. The maximum atomic E-state index is 13.6. The lowest BCUT2D eigenvalue weighted by Gasteiger charge is -2.27. The van der Waals surface area contributed by atoms with Crippen molar-refractivity contribution in [3.63, 3.8) is 0 Å². The lowest BCUT2D eigenvalue weighted by atomic mass is 9.88. The van der Waals surface area contributed by atoms with E-state index in [4.69, 9.17) is 9.47 Å². The molecule has 0 aromatic heterocycles. The van der Waals surface area contributed by atoms with Gasteiger partial charge in [-0.05, 0) is 41.9 Å². The van der Waals surface area contributed by atoms with E-state index < -0.39 is 0 Å². The second-order valence-electron chi connectivity index (χ2n) is 10.2. The Morgan fingerprint density at radius 3 is 2.41 bits per heavy atom. The van der Waals surface area contributed by atoms with Crippen LogP contribution in [0.4, 0.5) is 11.4 Å². The number of carbonyl (C=O) groups excluding carboxylic acids is 1. The van der Waals surface area contributed by atoms with Gasteiger partial charge in [-0.3, -0.25) is 4.79 Å². The van der Waals surface area contributed by atoms with E-state index in [0.717, 1.165) is 54.1 Å². The predicted molar refractivity (Wildman–Crippen MR) is 142 cm³/mol. The topological polar surface area (TPSA) is 50.8 Å². The zero-order valence-electron chi connectivity index (χ0n) is 22.0. The molecule has 2 aromatic carbocycles. The first-order chi connectivity index (χ1) is 16.2. The Kier molecular flexibility index (Phi) is 8.87. The lowest BCUT2D eigenvalue weighted by Crippen LogP contribution is -2.21. The largest absolute Gasteiger partial charge is 0.454 e. The molecule has 186 valence electrons. The first-order valence-electron chi connectivity index (χ1n) is 12.8. The molecule has 0 bridgehead atoms. The molecule has 1 aliphatic rings. The minimum absolute atomic E-state index is 0.0534. The minimum Gasteiger partial charge on any atom is -0.454 e. The van der Waals surface area contributed by atoms with E-state index in [1.807, 2.05) is 12.1 Å². The zero-order valence-corrected chi connectivity index (χ0v) is 22.0. The van der Waals surface area contributed by atoms with Crippen molar-refractivity contribution in [2.75, 3.05) is 31.1 Å². The summed E-state index contributed by atoms with van der Waals surface area (Å²) in [5.41, 5.74) is 5.59. The normalized spacial score (nSPS) is 13.4. The molecular formula is C29H42N2O3. The van der Waals surface area contributed by atoms with Crippen LogP contribution >= 0.6 is 0 Å². The van der Waals surface area contributed by atoms with Crippen LogP contribution in [-0.2, 0) is 4.79 Å². The Balaban J connectivity index is 1.93. The Morgan fingerprint density at radius 2 is 1.76 bits per heavy atom. The summed E-state index contributed by atoms with van der Waals surface area (Å²) in [7, 11) is 4.12. The molecule has 1 aliphatic heterocycles. The molecule has 1 atom stereocenters. The molecule has 0 spiro atoms. The molecule has 0 unspecified atom stereocenters. The molecule has 5 heteroatoms. The molecule has 0 fully saturated rings. The van der Waals surface area contributed by atoms with E-state index in [9.17, 15) is 4.79 Å². The predicted octanol–water partition coefficient (Wildman–Crippen LogP) is 7.42. The van der Waals surface area contributed by atoms with Gasteiger partial charge in [-0.25, -0.2) is 0 Å². The van der Waals surface area contributed by atoms with Crippen LogP contribution in [0.25, 0.3) is 0 Å². The van der Waals surface area contributed by atoms with Crippen molar-refractivity contribution < 1.29 is 14.3 Å². The number of fused-ring (bicyclic) bond motifs is 1. The van der Waals surface area contributed by atoms with Crippen LogP contribution in [0, 0.1) is 0 Å². The highest BCUT2D eigenvalue weighted by molar-refractivity contribution is 5.94. The highest BCUT2D eigenvalue weighted by atomic mass is 16.7. The van der Waals surface area contributed by atoms with E-state index >= 15 is 0 Å². The van der Waals surface area contributed by atoms with Crippen LogP contribution in [0.1, 0.15) is 101 Å². The summed E-state index contributed by atoms with van der Waals surface area (Å²) in [5.74, 6) is 2.32. The Bertz CT molecular complexity index is 982. The molecular weight excluding hydrogens is 424 g/mol. The summed E-state index contributed by atoms with van der Waals surface area (Å²) in [5, 5.41) is 3.36. The van der Waals surface area contributed by atoms with Crippen LogP contribution in [0.15, 0.2) is 30.3 Å². The number of unbranched alkanes of at least 4 members (excludes halogenated alkanes) is 2. The average molecular weight is 467 g/mol. The van der Waals surface area contributed by atoms with Gasteiger partial charge in [0.2, 0.25) is 12.7 Å². The molecule has 5 nitrogen and oxygen atoms in total. The van der Waals surface area contributed by atoms with Gasteiger partial charge in [-0.2, -0.15) is 0 Å². The third-order valence-electron chi connectivity index (χ3n) is 6.66. The SMILES string of the molecule is CCCCC[C@H](CC(=O)Nc1c(C(C)C)ccc(N(C)C)c1C(C)C)c1cccc2c1OCO2. The van der Waals surface area contributed by atoms with Gasteiger partial charge < -0.3 is 19.7 Å². The monoisotopic (exact) mass is 466 g/mol. The second-order valence-corrected chi connectivity index (χ2v) is 10.2. The molecule has 0 aliphatic carbocycles. The van der Waals surface area contributed by atoms with Crippen molar-refractivity contribution in [2.24, 2.45) is 0 Å². The van der Waals surface area contributed by atoms with Crippen LogP contribution in [0.2, 0.25) is 0 Å². The molecule has 0 saturated carbocycles. The van der Waals surface area contributed by atoms with Gasteiger partial charge in [-0.1, -0.05) is 72.1 Å². The van der Waals surface area contributed by atoms with E-state index in [-0.39, 0.29) is 24.5 Å². The number of nitrogens with one attached hydrogen (secondary N) is 1. The first-order valence-corrected chi connectivity index (χ1v) is 12.8. The highest BCUT2D eigenvalue weighted by Gasteiger charge is 2.26. The van der Waals surface area contributed by atoms with Crippen molar-refractivity contribution in [2.45, 2.75) is 84.5 Å². The number of para-hydroxylation sites is 1. The van der Waals surface area contributed by atoms with Crippen LogP contribution in [-0.4, -0.2) is 26.8 Å². The molecule has 0 radical (unpaired) electrons. The summed E-state index contributed by atoms with van der Waals surface area (Å²) < 4.78 is 11.4. The number of ether oxygens (including phenoxy) is 2. The molecule has 1 heterocycles. The van der Waals surface area contributed by atoms with Crippen molar-refractivity contribution in [1.29, 1.82) is 0 Å². The maximum absolute atomic E-state index is 13.6. The summed E-state index contributed by atoms with van der Waals surface area (Å²) in [4.78, 5) is 15.7. The smallest absolute Gasteiger partial charge is 0.231 e. The average Bonchev–Trinajstić information content (AvgIpc) is 3.26. The standard InChI is InChI=1S/C29H42N2O3/c1-8-9-10-12-21(23-13-11-14-25-29(23)34-18-33-25)17-26(32)30-28-22(19(2)3)15-16-24(31(6)7)27(28)20(4)5/h11,13-16,19-21H,8-10,12,17-18H2,1-7H3,(H,30,32)/t21-/m1/s1. The van der Waals surface area contributed by atoms with Crippen molar-refractivity contribution >= 4 is 17.3 Å². The summed E-state index contributed by atoms with van der Waals surface area (Å²) in [6.07, 6.45) is 4.77. The van der Waals surface area contributed by atoms with Gasteiger partial charge in [0.05, 0.1) is 0 Å². The molecule has 2 aromatic rings. The summed E-state index contributed by atoms with van der Waals surface area (Å²) >= 11 is 0. The maximum Gasteiger partial charge on any atom is 0.231 e. The van der Waals surface area contributed by atoms with Crippen molar-refractivity contribution in [3.05, 3.63) is 47.0 Å². The van der Waals surface area contributed by atoms with E-state index in [2.05, 4.69) is 77.1 Å².